The molecule has 3 aromatic rings. The number of amides is 1. The van der Waals surface area contributed by atoms with E-state index in [4.69, 9.17) is 9.15 Å². The molecule has 1 aromatic heterocycles. The van der Waals surface area contributed by atoms with E-state index in [1.807, 2.05) is 0 Å². The van der Waals surface area contributed by atoms with Crippen LogP contribution < -0.4 is 15.8 Å². The molecule has 6 nitrogen and oxygen atoms in total. The summed E-state index contributed by atoms with van der Waals surface area (Å²) in [6.45, 7) is 0. The number of oxazole rings is 1. The molecule has 3 rings (SSSR count). The number of benzene rings is 2. The van der Waals surface area contributed by atoms with E-state index in [0.29, 0.717) is 16.8 Å². The molecule has 1 amide bonds. The average Bonchev–Trinajstić information content (AvgIpc) is 2.87. The van der Waals surface area contributed by atoms with Crippen LogP contribution >= 0.6 is 0 Å². The van der Waals surface area contributed by atoms with E-state index < -0.39 is 5.76 Å². The molecule has 6 heteroatoms. The lowest BCUT2D eigenvalue weighted by atomic mass is 10.1. The van der Waals surface area contributed by atoms with Crippen molar-refractivity contribution >= 4 is 22.7 Å². The van der Waals surface area contributed by atoms with E-state index in [1.165, 1.54) is 0 Å². The number of ether oxygens (including phenoxy) is 1. The van der Waals surface area contributed by atoms with Crippen molar-refractivity contribution in [2.45, 2.75) is 6.42 Å². The van der Waals surface area contributed by atoms with Crippen LogP contribution in [0.2, 0.25) is 0 Å². The van der Waals surface area contributed by atoms with Gasteiger partial charge in [-0.3, -0.25) is 9.78 Å². The van der Waals surface area contributed by atoms with Crippen molar-refractivity contribution in [3.63, 3.8) is 0 Å². The average molecular weight is 298 g/mol. The van der Waals surface area contributed by atoms with Gasteiger partial charge in [0.2, 0.25) is 5.91 Å². The Bertz CT molecular complexity index is 862. The number of carbonyl (C=O) groups excluding carboxylic acids is 1. The minimum absolute atomic E-state index is 0.143. The molecule has 0 aliphatic rings. The van der Waals surface area contributed by atoms with Crippen LogP contribution in [0.25, 0.3) is 11.1 Å². The molecule has 0 aliphatic heterocycles. The molecule has 2 aromatic carbocycles. The molecule has 2 N–H and O–H groups in total. The molecule has 0 spiro atoms. The third-order valence-corrected chi connectivity index (χ3v) is 3.22. The van der Waals surface area contributed by atoms with Gasteiger partial charge in [-0.05, 0) is 42.0 Å². The maximum atomic E-state index is 12.0. The van der Waals surface area contributed by atoms with E-state index in [2.05, 4.69) is 10.3 Å². The predicted octanol–water partition coefficient (Wildman–Crippen LogP) is 2.31. The first-order chi connectivity index (χ1) is 10.6. The minimum Gasteiger partial charge on any atom is -0.497 e. The molecule has 0 fully saturated rings. The van der Waals surface area contributed by atoms with Gasteiger partial charge in [0.05, 0.1) is 19.0 Å². The molecule has 0 atom stereocenters. The summed E-state index contributed by atoms with van der Waals surface area (Å²) in [6.07, 6.45) is 0.204. The van der Waals surface area contributed by atoms with Crippen molar-refractivity contribution in [3.05, 3.63) is 58.6 Å². The molecule has 0 bridgehead atoms. The number of aromatic nitrogens is 1. The third kappa shape index (κ3) is 3.01. The Morgan fingerprint density at radius 1 is 1.23 bits per heavy atom. The maximum Gasteiger partial charge on any atom is 0.417 e. The molecule has 0 saturated carbocycles. The van der Waals surface area contributed by atoms with Crippen LogP contribution in [-0.2, 0) is 11.2 Å². The summed E-state index contributed by atoms with van der Waals surface area (Å²) in [4.78, 5) is 25.7. The quantitative estimate of drug-likeness (QED) is 0.774. The van der Waals surface area contributed by atoms with E-state index in [-0.39, 0.29) is 12.3 Å². The summed E-state index contributed by atoms with van der Waals surface area (Å²) < 4.78 is 9.98. The monoisotopic (exact) mass is 298 g/mol. The van der Waals surface area contributed by atoms with Gasteiger partial charge in [0.1, 0.15) is 5.75 Å². The summed E-state index contributed by atoms with van der Waals surface area (Å²) in [5, 5.41) is 2.81. The first kappa shape index (κ1) is 13.9. The van der Waals surface area contributed by atoms with Gasteiger partial charge in [-0.1, -0.05) is 6.07 Å². The Balaban J connectivity index is 1.70. The molecule has 22 heavy (non-hydrogen) atoms. The number of anilines is 1. The highest BCUT2D eigenvalue weighted by Gasteiger charge is 2.07. The van der Waals surface area contributed by atoms with Crippen LogP contribution in [0, 0.1) is 0 Å². The number of methoxy groups -OCH3 is 1. The Morgan fingerprint density at radius 3 is 2.73 bits per heavy atom. The molecule has 0 saturated heterocycles. The summed E-state index contributed by atoms with van der Waals surface area (Å²) >= 11 is 0. The number of H-pyrrole nitrogens is 1. The molecular formula is C16H14N2O4. The van der Waals surface area contributed by atoms with Gasteiger partial charge in [0.15, 0.2) is 5.58 Å². The van der Waals surface area contributed by atoms with Gasteiger partial charge in [0, 0.05) is 5.69 Å². The lowest BCUT2D eigenvalue weighted by Gasteiger charge is -2.06. The van der Waals surface area contributed by atoms with Crippen LogP contribution in [0.3, 0.4) is 0 Å². The highest BCUT2D eigenvalue weighted by molar-refractivity contribution is 5.92. The first-order valence-electron chi connectivity index (χ1n) is 6.70. The second kappa shape index (κ2) is 5.77. The maximum absolute atomic E-state index is 12.0. The Hall–Kier alpha value is -3.02. The molecule has 0 radical (unpaired) electrons. The minimum atomic E-state index is -0.505. The zero-order valence-electron chi connectivity index (χ0n) is 11.9. The van der Waals surface area contributed by atoms with Crippen molar-refractivity contribution in [2.75, 3.05) is 12.4 Å². The highest BCUT2D eigenvalue weighted by Crippen LogP contribution is 2.16. The van der Waals surface area contributed by atoms with E-state index >= 15 is 0 Å². The Labute approximate surface area is 125 Å². The Kier molecular flexibility index (Phi) is 3.65. The van der Waals surface area contributed by atoms with Crippen LogP contribution in [0.4, 0.5) is 5.69 Å². The lowest BCUT2D eigenvalue weighted by Crippen LogP contribution is -2.14. The van der Waals surface area contributed by atoms with Gasteiger partial charge in [-0.15, -0.1) is 0 Å². The summed E-state index contributed by atoms with van der Waals surface area (Å²) in [6, 6.07) is 12.3. The highest BCUT2D eigenvalue weighted by atomic mass is 16.5. The summed E-state index contributed by atoms with van der Waals surface area (Å²) in [7, 11) is 1.59. The van der Waals surface area contributed by atoms with Crippen LogP contribution in [0.15, 0.2) is 51.7 Å². The second-order valence-corrected chi connectivity index (χ2v) is 4.80. The molecule has 0 unspecified atom stereocenters. The number of hydrogen-bond acceptors (Lipinski definition) is 4. The number of nitrogens with one attached hydrogen (secondary N) is 2. The van der Waals surface area contributed by atoms with Gasteiger partial charge in [-0.2, -0.15) is 0 Å². The fourth-order valence-corrected chi connectivity index (χ4v) is 2.17. The normalized spacial score (nSPS) is 10.6. The predicted molar refractivity (Wildman–Crippen MR) is 82.2 cm³/mol. The standard InChI is InChI=1S/C16H14N2O4/c1-21-12-5-3-11(4-6-12)17-15(19)9-10-2-7-14-13(8-10)18-16(20)22-14/h2-8H,9H2,1H3,(H,17,19)(H,18,20). The molecule has 112 valence electrons. The summed E-state index contributed by atoms with van der Waals surface area (Å²) in [5.41, 5.74) is 2.54. The number of aromatic amines is 1. The van der Waals surface area contributed by atoms with E-state index in [9.17, 15) is 9.59 Å². The number of rotatable bonds is 4. The first-order valence-corrected chi connectivity index (χ1v) is 6.70. The molecule has 0 aliphatic carbocycles. The zero-order valence-corrected chi connectivity index (χ0v) is 11.9. The zero-order chi connectivity index (χ0) is 15.5. The summed E-state index contributed by atoms with van der Waals surface area (Å²) in [5.74, 6) is 0.0811. The van der Waals surface area contributed by atoms with Crippen LogP contribution in [0.1, 0.15) is 5.56 Å². The number of carbonyl (C=O) groups is 1. The Morgan fingerprint density at radius 2 is 2.00 bits per heavy atom. The fourth-order valence-electron chi connectivity index (χ4n) is 2.17. The van der Waals surface area contributed by atoms with Crippen molar-refractivity contribution in [3.8, 4) is 5.75 Å². The van der Waals surface area contributed by atoms with Gasteiger partial charge in [-0.25, -0.2) is 4.79 Å². The van der Waals surface area contributed by atoms with Crippen molar-refractivity contribution in [2.24, 2.45) is 0 Å². The smallest absolute Gasteiger partial charge is 0.417 e. The van der Waals surface area contributed by atoms with Crippen molar-refractivity contribution < 1.29 is 13.9 Å². The number of fused-ring (bicyclic) bond motifs is 1. The number of hydrogen-bond donors (Lipinski definition) is 2. The third-order valence-electron chi connectivity index (χ3n) is 3.22. The van der Waals surface area contributed by atoms with Crippen LogP contribution in [0.5, 0.6) is 5.75 Å². The fraction of sp³-hybridized carbons (Fsp3) is 0.125. The van der Waals surface area contributed by atoms with Crippen LogP contribution in [-0.4, -0.2) is 18.0 Å². The second-order valence-electron chi connectivity index (χ2n) is 4.80. The van der Waals surface area contributed by atoms with Gasteiger partial charge < -0.3 is 14.5 Å². The topological polar surface area (TPSA) is 84.3 Å². The van der Waals surface area contributed by atoms with E-state index in [0.717, 1.165) is 11.3 Å². The van der Waals surface area contributed by atoms with Crippen molar-refractivity contribution in [1.29, 1.82) is 0 Å². The van der Waals surface area contributed by atoms with Gasteiger partial charge in [0.25, 0.3) is 0 Å². The largest absolute Gasteiger partial charge is 0.497 e. The lowest BCUT2D eigenvalue weighted by molar-refractivity contribution is -0.115. The van der Waals surface area contributed by atoms with Gasteiger partial charge >= 0.3 is 5.76 Å². The SMILES string of the molecule is COc1ccc(NC(=O)Cc2ccc3oc(=O)[nH]c3c2)cc1. The molecule has 1 heterocycles. The van der Waals surface area contributed by atoms with Crippen molar-refractivity contribution in [1.82, 2.24) is 4.98 Å². The van der Waals surface area contributed by atoms with E-state index in [1.54, 1.807) is 49.6 Å². The molecular weight excluding hydrogens is 284 g/mol.